The van der Waals surface area contributed by atoms with E-state index >= 15 is 0 Å². The van der Waals surface area contributed by atoms with Crippen molar-refractivity contribution in [2.24, 2.45) is 0 Å². The molecule has 0 saturated carbocycles. The van der Waals surface area contributed by atoms with Crippen LogP contribution in [0.15, 0.2) is 36.4 Å². The van der Waals surface area contributed by atoms with Gasteiger partial charge in [-0.3, -0.25) is 9.69 Å². The number of aryl methyl sites for hydroxylation is 2. The van der Waals surface area contributed by atoms with Crippen LogP contribution in [0.3, 0.4) is 0 Å². The molecule has 22 heavy (non-hydrogen) atoms. The van der Waals surface area contributed by atoms with Crippen LogP contribution in [0, 0.1) is 19.7 Å². The van der Waals surface area contributed by atoms with E-state index in [1.54, 1.807) is 17.0 Å². The fourth-order valence-corrected chi connectivity index (χ4v) is 4.10. The maximum absolute atomic E-state index is 14.2. The van der Waals surface area contributed by atoms with Gasteiger partial charge in [-0.15, -0.1) is 11.8 Å². The van der Waals surface area contributed by atoms with Crippen molar-refractivity contribution in [1.82, 2.24) is 0 Å². The summed E-state index contributed by atoms with van der Waals surface area (Å²) < 4.78 is 14.2. The molecule has 0 radical (unpaired) electrons. The molecular formula is C17H15ClFNOS. The predicted molar refractivity (Wildman–Crippen MR) is 90.0 cm³/mol. The first-order valence-electron chi connectivity index (χ1n) is 6.94. The van der Waals surface area contributed by atoms with Crippen molar-refractivity contribution in [3.63, 3.8) is 0 Å². The Kier molecular flexibility index (Phi) is 4.15. The number of nitrogens with zero attached hydrogens (tertiary/aromatic N) is 1. The maximum Gasteiger partial charge on any atom is 0.238 e. The fourth-order valence-electron chi connectivity index (χ4n) is 2.54. The van der Waals surface area contributed by atoms with Crippen molar-refractivity contribution in [2.75, 3.05) is 10.7 Å². The molecule has 114 valence electrons. The topological polar surface area (TPSA) is 20.3 Å². The molecule has 1 aliphatic heterocycles. The van der Waals surface area contributed by atoms with Crippen molar-refractivity contribution in [3.05, 3.63) is 63.9 Å². The first kappa shape index (κ1) is 15.4. The number of hydrogen-bond acceptors (Lipinski definition) is 2. The van der Waals surface area contributed by atoms with Crippen molar-refractivity contribution >= 4 is 35.0 Å². The van der Waals surface area contributed by atoms with E-state index in [-0.39, 0.29) is 11.7 Å². The third-order valence-corrected chi connectivity index (χ3v) is 5.39. The normalized spacial score (nSPS) is 18.1. The lowest BCUT2D eigenvalue weighted by Crippen LogP contribution is -2.28. The van der Waals surface area contributed by atoms with Crippen LogP contribution in [0.5, 0.6) is 0 Å². The summed E-state index contributed by atoms with van der Waals surface area (Å²) in [5.41, 5.74) is 3.41. The summed E-state index contributed by atoms with van der Waals surface area (Å²) in [7, 11) is 0. The van der Waals surface area contributed by atoms with Gasteiger partial charge in [-0.05, 0) is 49.2 Å². The van der Waals surface area contributed by atoms with E-state index in [2.05, 4.69) is 0 Å². The van der Waals surface area contributed by atoms with Gasteiger partial charge in [0.1, 0.15) is 11.2 Å². The maximum atomic E-state index is 14.2. The largest absolute Gasteiger partial charge is 0.295 e. The first-order valence-corrected chi connectivity index (χ1v) is 8.36. The van der Waals surface area contributed by atoms with Crippen LogP contribution in [-0.2, 0) is 4.79 Å². The summed E-state index contributed by atoms with van der Waals surface area (Å²) >= 11 is 7.57. The molecule has 0 unspecified atom stereocenters. The zero-order chi connectivity index (χ0) is 15.9. The molecule has 3 rings (SSSR count). The van der Waals surface area contributed by atoms with Crippen LogP contribution in [-0.4, -0.2) is 11.7 Å². The molecule has 0 spiro atoms. The van der Waals surface area contributed by atoms with E-state index in [0.717, 1.165) is 16.8 Å². The molecule has 1 fully saturated rings. The Morgan fingerprint density at radius 2 is 2.00 bits per heavy atom. The third-order valence-electron chi connectivity index (χ3n) is 3.88. The van der Waals surface area contributed by atoms with Gasteiger partial charge in [0.15, 0.2) is 0 Å². The second kappa shape index (κ2) is 5.94. The highest BCUT2D eigenvalue weighted by molar-refractivity contribution is 8.00. The average molecular weight is 336 g/mol. The molecule has 1 aliphatic rings. The molecule has 1 atom stereocenters. The van der Waals surface area contributed by atoms with E-state index in [9.17, 15) is 9.18 Å². The predicted octanol–water partition coefficient (Wildman–Crippen LogP) is 4.87. The summed E-state index contributed by atoms with van der Waals surface area (Å²) in [6, 6.07) is 10.4. The molecule has 0 aliphatic carbocycles. The van der Waals surface area contributed by atoms with Gasteiger partial charge in [0, 0.05) is 16.3 Å². The van der Waals surface area contributed by atoms with Gasteiger partial charge in [-0.25, -0.2) is 4.39 Å². The zero-order valence-corrected chi connectivity index (χ0v) is 13.8. The summed E-state index contributed by atoms with van der Waals surface area (Å²) in [6.07, 6.45) is 0. The molecule has 0 bridgehead atoms. The molecule has 1 saturated heterocycles. The summed E-state index contributed by atoms with van der Waals surface area (Å²) in [6.45, 7) is 4.02. The second-order valence-corrected chi connectivity index (χ2v) is 6.81. The number of rotatable bonds is 2. The zero-order valence-electron chi connectivity index (χ0n) is 12.3. The van der Waals surface area contributed by atoms with E-state index in [1.807, 2.05) is 32.0 Å². The highest BCUT2D eigenvalue weighted by Crippen LogP contribution is 2.45. The molecule has 0 aromatic heterocycles. The Labute approximate surface area is 138 Å². The Balaban J connectivity index is 2.08. The van der Waals surface area contributed by atoms with Crippen molar-refractivity contribution in [1.29, 1.82) is 0 Å². The molecule has 2 nitrogen and oxygen atoms in total. The standard InChI is InChI=1S/C17H15ClFNOS/c1-10-6-7-12(8-11(10)2)20-15(21)9-22-17(20)16-13(18)4-3-5-14(16)19/h3-8,17H,9H2,1-2H3/t17-/m0/s1. The van der Waals surface area contributed by atoms with Gasteiger partial charge in [-0.2, -0.15) is 0 Å². The van der Waals surface area contributed by atoms with E-state index in [0.29, 0.717) is 16.3 Å². The van der Waals surface area contributed by atoms with E-state index < -0.39 is 5.37 Å². The lowest BCUT2D eigenvalue weighted by molar-refractivity contribution is -0.115. The van der Waals surface area contributed by atoms with Crippen LogP contribution in [0.25, 0.3) is 0 Å². The Morgan fingerprint density at radius 1 is 1.23 bits per heavy atom. The quantitative estimate of drug-likeness (QED) is 0.780. The first-order chi connectivity index (χ1) is 10.5. The van der Waals surface area contributed by atoms with Gasteiger partial charge in [0.25, 0.3) is 0 Å². The van der Waals surface area contributed by atoms with Crippen LogP contribution in [0.4, 0.5) is 10.1 Å². The van der Waals surface area contributed by atoms with Crippen molar-refractivity contribution < 1.29 is 9.18 Å². The Hall–Kier alpha value is -1.52. The summed E-state index contributed by atoms with van der Waals surface area (Å²) in [4.78, 5) is 14.0. The Bertz CT molecular complexity index is 729. The van der Waals surface area contributed by atoms with Crippen LogP contribution >= 0.6 is 23.4 Å². The van der Waals surface area contributed by atoms with Gasteiger partial charge in [-0.1, -0.05) is 23.7 Å². The van der Waals surface area contributed by atoms with Gasteiger partial charge in [0.2, 0.25) is 5.91 Å². The summed E-state index contributed by atoms with van der Waals surface area (Å²) in [5, 5.41) is -0.0793. The smallest absolute Gasteiger partial charge is 0.238 e. The van der Waals surface area contributed by atoms with E-state index in [4.69, 9.17) is 11.6 Å². The van der Waals surface area contributed by atoms with Crippen molar-refractivity contribution in [3.8, 4) is 0 Å². The minimum Gasteiger partial charge on any atom is -0.295 e. The highest BCUT2D eigenvalue weighted by Gasteiger charge is 2.36. The highest BCUT2D eigenvalue weighted by atomic mass is 35.5. The number of hydrogen-bond donors (Lipinski definition) is 0. The number of thioether (sulfide) groups is 1. The van der Waals surface area contributed by atoms with Crippen LogP contribution < -0.4 is 4.90 Å². The fraction of sp³-hybridized carbons (Fsp3) is 0.235. The number of benzene rings is 2. The SMILES string of the molecule is Cc1ccc(N2C(=O)CS[C@H]2c2c(F)cccc2Cl)cc1C. The molecule has 0 N–H and O–H groups in total. The van der Waals surface area contributed by atoms with Gasteiger partial charge >= 0.3 is 0 Å². The molecular weight excluding hydrogens is 321 g/mol. The Morgan fingerprint density at radius 3 is 2.68 bits per heavy atom. The lowest BCUT2D eigenvalue weighted by Gasteiger charge is -2.26. The van der Waals surface area contributed by atoms with Crippen LogP contribution in [0.1, 0.15) is 22.1 Å². The second-order valence-electron chi connectivity index (χ2n) is 5.33. The number of carbonyl (C=O) groups is 1. The molecule has 2 aromatic carbocycles. The number of halogens is 2. The molecule has 1 heterocycles. The van der Waals surface area contributed by atoms with Gasteiger partial charge < -0.3 is 0 Å². The number of amides is 1. The number of anilines is 1. The molecule has 2 aromatic rings. The number of carbonyl (C=O) groups excluding carboxylic acids is 1. The monoisotopic (exact) mass is 335 g/mol. The molecule has 1 amide bonds. The minimum absolute atomic E-state index is 0.0300. The van der Waals surface area contributed by atoms with Crippen LogP contribution in [0.2, 0.25) is 5.02 Å². The summed E-state index contributed by atoms with van der Waals surface area (Å²) in [5.74, 6) is -0.0893. The van der Waals surface area contributed by atoms with Crippen molar-refractivity contribution in [2.45, 2.75) is 19.2 Å². The average Bonchev–Trinajstić information content (AvgIpc) is 2.84. The minimum atomic E-state index is -0.427. The van der Waals surface area contributed by atoms with Gasteiger partial charge in [0.05, 0.1) is 5.75 Å². The lowest BCUT2D eigenvalue weighted by atomic mass is 10.1. The van der Waals surface area contributed by atoms with E-state index in [1.165, 1.54) is 17.8 Å². The molecule has 5 heteroatoms. The third kappa shape index (κ3) is 2.61.